The Hall–Kier alpha value is -5.63. The van der Waals surface area contributed by atoms with Gasteiger partial charge in [0.1, 0.15) is 0 Å². The van der Waals surface area contributed by atoms with Crippen molar-refractivity contribution in [2.45, 2.75) is 131 Å². The zero-order valence-electron chi connectivity index (χ0n) is 46.3. The molecule has 1 saturated heterocycles. The van der Waals surface area contributed by atoms with E-state index in [1.807, 2.05) is 126 Å². The van der Waals surface area contributed by atoms with Crippen molar-refractivity contribution < 1.29 is 37.8 Å². The van der Waals surface area contributed by atoms with Crippen LogP contribution in [-0.2, 0) is 41.3 Å². The van der Waals surface area contributed by atoms with Gasteiger partial charge in [0.15, 0.2) is 0 Å². The summed E-state index contributed by atoms with van der Waals surface area (Å²) in [7, 11) is 2.81. The number of anilines is 2. The van der Waals surface area contributed by atoms with Crippen molar-refractivity contribution in [3.05, 3.63) is 95.3 Å². The van der Waals surface area contributed by atoms with Gasteiger partial charge in [-0.15, -0.1) is 0 Å². The lowest BCUT2D eigenvalue weighted by atomic mass is 9.85. The molecule has 76 heavy (non-hydrogen) atoms. The second-order valence-corrected chi connectivity index (χ2v) is 23.3. The number of H-pyrrole nitrogens is 2. The van der Waals surface area contributed by atoms with Crippen LogP contribution in [0.5, 0.6) is 0 Å². The number of nitrogens with zero attached hydrogens (tertiary/aromatic N) is 4. The molecule has 0 aliphatic carbocycles. The number of hydrogen-bond acceptors (Lipinski definition) is 14. The van der Waals surface area contributed by atoms with E-state index in [-0.39, 0.29) is 57.3 Å². The van der Waals surface area contributed by atoms with Gasteiger partial charge in [0.2, 0.25) is 11.9 Å². The number of halogens is 1. The predicted octanol–water partition coefficient (Wildman–Crippen LogP) is 7.06. The summed E-state index contributed by atoms with van der Waals surface area (Å²) >= 11 is 2.21. The molecule has 2 amide bonds. The minimum atomic E-state index is -0.449. The molecular formula is C54H74BIN10O10. The largest absolute Gasteiger partial charge is 0.512 e. The fraction of sp³-hybridized carbons (Fsp3) is 0.519. The highest BCUT2D eigenvalue weighted by atomic mass is 127. The Morgan fingerprint density at radius 3 is 1.58 bits per heavy atom. The van der Waals surface area contributed by atoms with Crippen LogP contribution in [0.25, 0.3) is 33.1 Å². The van der Waals surface area contributed by atoms with Crippen LogP contribution in [0.2, 0.25) is 0 Å². The third-order valence-electron chi connectivity index (χ3n) is 13.2. The molecule has 410 valence electrons. The van der Waals surface area contributed by atoms with E-state index in [4.69, 9.17) is 38.2 Å². The number of ether oxygens (including phenoxy) is 4. The Labute approximate surface area is 457 Å². The van der Waals surface area contributed by atoms with Crippen LogP contribution in [0.4, 0.5) is 11.9 Å². The fourth-order valence-electron chi connectivity index (χ4n) is 8.70. The van der Waals surface area contributed by atoms with Gasteiger partial charge in [-0.1, -0.05) is 18.2 Å². The fourth-order valence-corrected chi connectivity index (χ4v) is 9.32. The van der Waals surface area contributed by atoms with Gasteiger partial charge in [0, 0.05) is 51.4 Å². The molecule has 22 heteroatoms. The lowest BCUT2D eigenvalue weighted by Gasteiger charge is -2.32. The first-order valence-electron chi connectivity index (χ1n) is 25.6. The van der Waals surface area contributed by atoms with Crippen LogP contribution in [-0.4, -0.2) is 124 Å². The highest BCUT2D eigenvalue weighted by molar-refractivity contribution is 14.1. The van der Waals surface area contributed by atoms with Crippen molar-refractivity contribution >= 4 is 80.8 Å². The van der Waals surface area contributed by atoms with Gasteiger partial charge in [0.05, 0.1) is 115 Å². The van der Waals surface area contributed by atoms with Gasteiger partial charge in [-0.05, 0) is 136 Å². The smallest absolute Gasteiger partial charge is 0.398 e. The van der Waals surface area contributed by atoms with Crippen LogP contribution < -0.4 is 38.0 Å². The van der Waals surface area contributed by atoms with Gasteiger partial charge in [0.25, 0.3) is 22.9 Å². The molecule has 6 N–H and O–H groups in total. The molecule has 3 aliphatic rings. The van der Waals surface area contributed by atoms with Crippen LogP contribution >= 0.6 is 22.6 Å². The Morgan fingerprint density at radius 1 is 0.645 bits per heavy atom. The summed E-state index contributed by atoms with van der Waals surface area (Å²) in [5.41, 5.74) is 5.29. The maximum absolute atomic E-state index is 13.5. The van der Waals surface area contributed by atoms with E-state index >= 15 is 0 Å². The molecule has 2 atom stereocenters. The molecule has 0 spiro atoms. The summed E-state index contributed by atoms with van der Waals surface area (Å²) in [5, 5.41) is 13.6. The summed E-state index contributed by atoms with van der Waals surface area (Å²) in [6, 6.07) is 14.8. The van der Waals surface area contributed by atoms with Crippen LogP contribution in [0.1, 0.15) is 127 Å². The number of carbonyl (C=O) groups excluding carboxylic acids is 2. The number of aromatic nitrogens is 6. The summed E-state index contributed by atoms with van der Waals surface area (Å²) in [5.74, 6) is 0.910. The number of para-hydroxylation sites is 2. The van der Waals surface area contributed by atoms with Crippen LogP contribution in [0.15, 0.2) is 58.1 Å². The second kappa shape index (κ2) is 23.5. The Balaban J connectivity index is 0.000000173. The van der Waals surface area contributed by atoms with Crippen LogP contribution in [0.3, 0.4) is 0 Å². The average molecular weight is 1160 g/mol. The van der Waals surface area contributed by atoms with Crippen molar-refractivity contribution in [1.82, 2.24) is 39.7 Å². The van der Waals surface area contributed by atoms with Gasteiger partial charge in [-0.2, -0.15) is 0 Å². The normalized spacial score (nSPS) is 17.4. The average Bonchev–Trinajstić information content (AvgIpc) is 4.14. The maximum Gasteiger partial charge on any atom is 0.512 e. The molecule has 0 unspecified atom stereocenters. The molecule has 4 aromatic heterocycles. The van der Waals surface area contributed by atoms with Gasteiger partial charge in [-0.25, -0.2) is 9.97 Å². The first-order valence-corrected chi connectivity index (χ1v) is 26.7. The Morgan fingerprint density at radius 2 is 1.11 bits per heavy atom. The quantitative estimate of drug-likeness (QED) is 0.0323. The summed E-state index contributed by atoms with van der Waals surface area (Å²) in [6.45, 7) is 27.7. The molecule has 2 aromatic carbocycles. The molecule has 1 fully saturated rings. The molecule has 20 nitrogen and oxygen atoms in total. The first-order chi connectivity index (χ1) is 35.7. The number of nitrogens with one attached hydrogen (secondary N) is 6. The molecule has 6 aromatic rings. The standard InChI is InChI=1S/C24H31N5O4.C17H24IN3O3.C13H19BN2O3/c1-14-19-17(21(30)25-14)13-18(26-19)15-7-6-8-16-20(15)27-23(28-24(2,3)4)29(22(16)31)9-10-33-12-11-32-5;1-17(2,3)20-16-19-14-12(6-5-7-13(14)18)15(22)21(16)8-9-24-11-10-23-4;1-7-10-8(11(17)15-7)6-9(16-10)14-18-12(2,3)13(4,5)19-14/h6-8,13-14,26H,9-12H2,1-5H3,(H,25,30)(H,27,28);5-7H,8-11H2,1-4H3,(H,19,20);6-7,16H,1-5H3,(H,15,17)/t14-;;7-/m1.1/s1. The van der Waals surface area contributed by atoms with E-state index in [1.165, 1.54) is 0 Å². The number of amides is 2. The Kier molecular flexibility index (Phi) is 18.0. The number of aromatic amines is 2. The Bertz CT molecular complexity index is 3170. The van der Waals surface area contributed by atoms with E-state index in [2.05, 4.69) is 53.8 Å². The summed E-state index contributed by atoms with van der Waals surface area (Å²) in [4.78, 5) is 66.6. The minimum absolute atomic E-state index is 0.0127. The number of benzene rings is 2. The third-order valence-corrected chi connectivity index (χ3v) is 14.1. The van der Waals surface area contributed by atoms with Crippen molar-refractivity contribution in [2.75, 3.05) is 64.5 Å². The molecule has 3 aliphatic heterocycles. The summed E-state index contributed by atoms with van der Waals surface area (Å²) < 4.78 is 37.3. The van der Waals surface area contributed by atoms with Gasteiger partial charge < -0.3 is 59.5 Å². The lowest BCUT2D eigenvalue weighted by molar-refractivity contribution is 0.00578. The molecule has 9 rings (SSSR count). The second-order valence-electron chi connectivity index (χ2n) is 22.1. The van der Waals surface area contributed by atoms with E-state index in [0.29, 0.717) is 92.0 Å². The van der Waals surface area contributed by atoms with Crippen molar-refractivity contribution in [3.8, 4) is 11.3 Å². The van der Waals surface area contributed by atoms with Crippen molar-refractivity contribution in [3.63, 3.8) is 0 Å². The lowest BCUT2D eigenvalue weighted by Crippen LogP contribution is -2.41. The van der Waals surface area contributed by atoms with Gasteiger partial charge in [-0.3, -0.25) is 28.3 Å². The highest BCUT2D eigenvalue weighted by Gasteiger charge is 2.53. The van der Waals surface area contributed by atoms with E-state index in [0.717, 1.165) is 37.3 Å². The number of methoxy groups -OCH3 is 2. The molecule has 7 heterocycles. The topological polar surface area (TPSA) is 239 Å². The zero-order valence-corrected chi connectivity index (χ0v) is 48.4. The number of fused-ring (bicyclic) bond motifs is 4. The van der Waals surface area contributed by atoms with Gasteiger partial charge >= 0.3 is 7.12 Å². The maximum atomic E-state index is 13.5. The highest BCUT2D eigenvalue weighted by Crippen LogP contribution is 2.37. The molecular weight excluding hydrogens is 1090 g/mol. The minimum Gasteiger partial charge on any atom is -0.398 e. The molecule has 0 bridgehead atoms. The predicted molar refractivity (Wildman–Crippen MR) is 305 cm³/mol. The summed E-state index contributed by atoms with van der Waals surface area (Å²) in [6.07, 6.45) is 0. The molecule has 0 radical (unpaired) electrons. The van der Waals surface area contributed by atoms with E-state index < -0.39 is 7.12 Å². The van der Waals surface area contributed by atoms with E-state index in [1.54, 1.807) is 29.4 Å². The SMILES string of the molecule is COCCOCCn1c(NC(C)(C)C)nc2c(-c3cc4c([nH]3)[C@@H](C)NC4=O)cccc2c1=O.COCCOCCn1c(NC(C)(C)C)nc2c(I)cccc2c1=O.C[C@H]1NC(=O)c2cc(B3OC(C)(C)C(C)(C)O3)[nH]c21. The first kappa shape index (κ1) is 58.1. The molecule has 0 saturated carbocycles. The van der Waals surface area contributed by atoms with Crippen LogP contribution in [0, 0.1) is 3.57 Å². The monoisotopic (exact) mass is 1160 g/mol. The van der Waals surface area contributed by atoms with Crippen molar-refractivity contribution in [2.24, 2.45) is 0 Å². The third kappa shape index (κ3) is 13.2. The number of rotatable bonds is 16. The zero-order chi connectivity index (χ0) is 55.5. The number of carbonyl (C=O) groups is 2. The van der Waals surface area contributed by atoms with Crippen molar-refractivity contribution in [1.29, 1.82) is 0 Å². The van der Waals surface area contributed by atoms with E-state index in [9.17, 15) is 19.2 Å². The number of hydrogen-bond donors (Lipinski definition) is 6.